The van der Waals surface area contributed by atoms with Crippen molar-refractivity contribution in [1.29, 1.82) is 0 Å². The third-order valence-corrected chi connectivity index (χ3v) is 8.95. The number of para-hydroxylation sites is 1. The van der Waals surface area contributed by atoms with Crippen LogP contribution in [0.2, 0.25) is 0 Å². The molecule has 0 unspecified atom stereocenters. The molecule has 0 spiro atoms. The molecule has 0 aliphatic carbocycles. The van der Waals surface area contributed by atoms with Crippen LogP contribution in [0.1, 0.15) is 62.3 Å². The fourth-order valence-electron chi connectivity index (χ4n) is 4.84. The zero-order valence-electron chi connectivity index (χ0n) is 24.9. The number of rotatable bonds is 14. The van der Waals surface area contributed by atoms with E-state index in [0.29, 0.717) is 25.1 Å². The minimum absolute atomic E-state index is 0.108. The number of nitrogens with one attached hydrogen (secondary N) is 1. The summed E-state index contributed by atoms with van der Waals surface area (Å²) in [6.07, 6.45) is 2.76. The summed E-state index contributed by atoms with van der Waals surface area (Å²) in [6.45, 7) is 10.0. The fourth-order valence-corrected chi connectivity index (χ4v) is 6.29. The smallest absolute Gasteiger partial charge is 0.264 e. The van der Waals surface area contributed by atoms with Gasteiger partial charge in [-0.3, -0.25) is 13.9 Å². The maximum atomic E-state index is 14.2. The van der Waals surface area contributed by atoms with Crippen molar-refractivity contribution in [3.63, 3.8) is 0 Å². The van der Waals surface area contributed by atoms with Crippen molar-refractivity contribution < 1.29 is 18.0 Å². The second-order valence-electron chi connectivity index (χ2n) is 10.4. The van der Waals surface area contributed by atoms with Crippen LogP contribution in [-0.2, 0) is 32.6 Å². The first kappa shape index (κ1) is 31.9. The molecule has 7 nitrogen and oxygen atoms in total. The van der Waals surface area contributed by atoms with Gasteiger partial charge < -0.3 is 10.2 Å². The van der Waals surface area contributed by atoms with Crippen molar-refractivity contribution in [3.8, 4) is 0 Å². The lowest BCUT2D eigenvalue weighted by atomic mass is 10.1. The monoisotopic (exact) mass is 577 g/mol. The highest BCUT2D eigenvalue weighted by Crippen LogP contribution is 2.28. The Morgan fingerprint density at radius 3 is 2.22 bits per heavy atom. The van der Waals surface area contributed by atoms with E-state index in [-0.39, 0.29) is 17.3 Å². The van der Waals surface area contributed by atoms with Crippen LogP contribution in [0.25, 0.3) is 0 Å². The molecule has 0 aliphatic heterocycles. The third-order valence-electron chi connectivity index (χ3n) is 7.18. The van der Waals surface area contributed by atoms with E-state index < -0.39 is 28.5 Å². The second-order valence-corrected chi connectivity index (χ2v) is 12.2. The molecule has 1 N–H and O–H groups in total. The quantitative estimate of drug-likeness (QED) is 0.246. The van der Waals surface area contributed by atoms with E-state index in [4.69, 9.17) is 0 Å². The maximum Gasteiger partial charge on any atom is 0.264 e. The van der Waals surface area contributed by atoms with Crippen molar-refractivity contribution in [2.75, 3.05) is 17.4 Å². The summed E-state index contributed by atoms with van der Waals surface area (Å²) in [5.74, 6) is -0.672. The molecule has 220 valence electrons. The third kappa shape index (κ3) is 8.19. The van der Waals surface area contributed by atoms with Gasteiger partial charge in [-0.15, -0.1) is 0 Å². The largest absolute Gasteiger partial charge is 0.354 e. The molecule has 0 fully saturated rings. The number of sulfonamides is 1. The molecule has 0 aromatic heterocycles. The molecule has 0 aliphatic rings. The summed E-state index contributed by atoms with van der Waals surface area (Å²) >= 11 is 0. The maximum absolute atomic E-state index is 14.2. The fraction of sp³-hybridized carbons (Fsp3) is 0.394. The average Bonchev–Trinajstić information content (AvgIpc) is 2.96. The van der Waals surface area contributed by atoms with E-state index in [2.05, 4.69) is 5.32 Å². The first-order valence-electron chi connectivity index (χ1n) is 14.4. The first-order chi connectivity index (χ1) is 19.6. The van der Waals surface area contributed by atoms with Crippen molar-refractivity contribution >= 4 is 27.5 Å². The number of carbonyl (C=O) groups is 2. The van der Waals surface area contributed by atoms with Crippen LogP contribution < -0.4 is 9.62 Å². The van der Waals surface area contributed by atoms with Gasteiger partial charge in [-0.25, -0.2) is 8.42 Å². The lowest BCUT2D eigenvalue weighted by molar-refractivity contribution is -0.140. The van der Waals surface area contributed by atoms with Crippen LogP contribution in [0.3, 0.4) is 0 Å². The number of anilines is 1. The molecule has 0 saturated heterocycles. The summed E-state index contributed by atoms with van der Waals surface area (Å²) in [5.41, 5.74) is 4.12. The van der Waals surface area contributed by atoms with Crippen LogP contribution in [0, 0.1) is 13.8 Å². The number of hydrogen-bond acceptors (Lipinski definition) is 4. The molecule has 2 amide bonds. The van der Waals surface area contributed by atoms with Gasteiger partial charge in [-0.2, -0.15) is 0 Å². The van der Waals surface area contributed by atoms with E-state index in [0.717, 1.165) is 35.1 Å². The Hall–Kier alpha value is -3.65. The van der Waals surface area contributed by atoms with Gasteiger partial charge in [0.25, 0.3) is 10.0 Å². The molecule has 3 aromatic carbocycles. The molecule has 0 radical (unpaired) electrons. The van der Waals surface area contributed by atoms with Crippen molar-refractivity contribution in [1.82, 2.24) is 10.2 Å². The Kier molecular flexibility index (Phi) is 11.5. The molecule has 0 saturated carbocycles. The molecule has 3 aromatic rings. The van der Waals surface area contributed by atoms with Gasteiger partial charge in [0.2, 0.25) is 11.8 Å². The van der Waals surface area contributed by atoms with Crippen LogP contribution in [0.15, 0.2) is 77.7 Å². The molecule has 1 atom stereocenters. The lowest BCUT2D eigenvalue weighted by Crippen LogP contribution is -2.52. The second kappa shape index (κ2) is 14.8. The highest BCUT2D eigenvalue weighted by atomic mass is 32.2. The highest BCUT2D eigenvalue weighted by Gasteiger charge is 2.34. The minimum Gasteiger partial charge on any atom is -0.354 e. The number of hydrogen-bond donors (Lipinski definition) is 1. The number of nitrogens with zero attached hydrogens (tertiary/aromatic N) is 2. The van der Waals surface area contributed by atoms with E-state index in [1.807, 2.05) is 71.0 Å². The van der Waals surface area contributed by atoms with Gasteiger partial charge in [-0.05, 0) is 62.4 Å². The molecule has 3 rings (SSSR count). The number of unbranched alkanes of at least 4 members (excludes halogenated alkanes) is 1. The van der Waals surface area contributed by atoms with Crippen molar-refractivity contribution in [2.24, 2.45) is 0 Å². The van der Waals surface area contributed by atoms with E-state index in [9.17, 15) is 18.0 Å². The molecule has 8 heteroatoms. The van der Waals surface area contributed by atoms with Gasteiger partial charge in [0.1, 0.15) is 12.6 Å². The Balaban J connectivity index is 2.07. The lowest BCUT2D eigenvalue weighted by Gasteiger charge is -2.33. The van der Waals surface area contributed by atoms with E-state index >= 15 is 0 Å². The molecule has 41 heavy (non-hydrogen) atoms. The van der Waals surface area contributed by atoms with E-state index in [1.165, 1.54) is 9.21 Å². The summed E-state index contributed by atoms with van der Waals surface area (Å²) in [6, 6.07) is 20.9. The van der Waals surface area contributed by atoms with Gasteiger partial charge in [0.05, 0.1) is 10.6 Å². The van der Waals surface area contributed by atoms with Crippen LogP contribution >= 0.6 is 0 Å². The van der Waals surface area contributed by atoms with Gasteiger partial charge >= 0.3 is 0 Å². The van der Waals surface area contributed by atoms with Gasteiger partial charge in [-0.1, -0.05) is 92.9 Å². The predicted octanol–water partition coefficient (Wildman–Crippen LogP) is 5.78. The Morgan fingerprint density at radius 1 is 0.878 bits per heavy atom. The molecule has 0 bridgehead atoms. The zero-order valence-corrected chi connectivity index (χ0v) is 25.7. The minimum atomic E-state index is -4.10. The van der Waals surface area contributed by atoms with Crippen molar-refractivity contribution in [3.05, 3.63) is 95.1 Å². The van der Waals surface area contributed by atoms with Crippen LogP contribution in [-0.4, -0.2) is 44.3 Å². The summed E-state index contributed by atoms with van der Waals surface area (Å²) in [4.78, 5) is 29.2. The average molecular weight is 578 g/mol. The van der Waals surface area contributed by atoms with Crippen LogP contribution in [0.4, 0.5) is 5.69 Å². The molecular formula is C33H43N3O4S. The topological polar surface area (TPSA) is 86.8 Å². The number of aryl methyl sites for hydroxylation is 3. The predicted molar refractivity (Wildman–Crippen MR) is 165 cm³/mol. The van der Waals surface area contributed by atoms with Gasteiger partial charge in [0.15, 0.2) is 0 Å². The molecule has 0 heterocycles. The molecular weight excluding hydrogens is 534 g/mol. The summed E-state index contributed by atoms with van der Waals surface area (Å²) in [5, 5.41) is 2.97. The highest BCUT2D eigenvalue weighted by molar-refractivity contribution is 7.92. The van der Waals surface area contributed by atoms with Crippen molar-refractivity contribution in [2.45, 2.75) is 77.8 Å². The Bertz CT molecular complexity index is 1420. The number of amides is 2. The number of benzene rings is 3. The SMILES string of the molecule is CCCCNC(=O)[C@@H](CC)N(Cc1cccc(C)c1)C(=O)CN(c1ccccc1CC)S(=O)(=O)c1ccc(C)cc1. The van der Waals surface area contributed by atoms with E-state index in [1.54, 1.807) is 36.4 Å². The Morgan fingerprint density at radius 2 is 1.59 bits per heavy atom. The van der Waals surface area contributed by atoms with Gasteiger partial charge in [0, 0.05) is 13.1 Å². The zero-order chi connectivity index (χ0) is 30.0. The summed E-state index contributed by atoms with van der Waals surface area (Å²) in [7, 11) is -4.10. The Labute approximate surface area is 245 Å². The normalized spacial score (nSPS) is 12.0. The first-order valence-corrected chi connectivity index (χ1v) is 15.9. The summed E-state index contributed by atoms with van der Waals surface area (Å²) < 4.78 is 29.4. The standard InChI is InChI=1S/C33H43N3O4S/c1-6-9-21-34-33(38)30(8-3)35(23-27-14-12-13-26(5)22-27)32(37)24-36(31-16-11-10-15-28(31)7-2)41(39,40)29-19-17-25(4)18-20-29/h10-20,22,30H,6-9,21,23-24H2,1-5H3,(H,34,38)/t30-/m1/s1. The number of carbonyl (C=O) groups excluding carboxylic acids is 2. The van der Waals surface area contributed by atoms with Crippen LogP contribution in [0.5, 0.6) is 0 Å².